The zero-order valence-electron chi connectivity index (χ0n) is 14.1. The lowest BCUT2D eigenvalue weighted by Crippen LogP contribution is -2.56. The van der Waals surface area contributed by atoms with Crippen molar-refractivity contribution in [3.8, 4) is 5.82 Å². The highest BCUT2D eigenvalue weighted by Gasteiger charge is 2.32. The molecule has 1 fully saturated rings. The van der Waals surface area contributed by atoms with Gasteiger partial charge in [-0.2, -0.15) is 5.10 Å². The van der Waals surface area contributed by atoms with E-state index in [0.29, 0.717) is 30.9 Å². The van der Waals surface area contributed by atoms with E-state index in [1.165, 1.54) is 0 Å². The third-order valence-corrected chi connectivity index (χ3v) is 4.20. The molecule has 3 rings (SSSR count). The van der Waals surface area contributed by atoms with Crippen LogP contribution in [0.15, 0.2) is 24.4 Å². The van der Waals surface area contributed by atoms with Gasteiger partial charge in [0.2, 0.25) is 5.91 Å². The van der Waals surface area contributed by atoms with Gasteiger partial charge in [-0.1, -0.05) is 6.92 Å². The van der Waals surface area contributed by atoms with Crippen LogP contribution in [0.3, 0.4) is 0 Å². The van der Waals surface area contributed by atoms with Gasteiger partial charge in [-0.15, -0.1) is 0 Å². The molecule has 0 saturated carbocycles. The highest BCUT2D eigenvalue weighted by molar-refractivity contribution is 5.98. The summed E-state index contributed by atoms with van der Waals surface area (Å²) in [6.07, 6.45) is 2.14. The number of amides is 2. The van der Waals surface area contributed by atoms with Gasteiger partial charge in [0, 0.05) is 25.0 Å². The summed E-state index contributed by atoms with van der Waals surface area (Å²) in [5, 5.41) is 7.18. The molecule has 3 heterocycles. The quantitative estimate of drug-likeness (QED) is 0.919. The molecule has 2 aromatic heterocycles. The molecule has 0 bridgehead atoms. The average molecular weight is 327 g/mol. The van der Waals surface area contributed by atoms with Gasteiger partial charge in [0.1, 0.15) is 6.04 Å². The van der Waals surface area contributed by atoms with Crippen LogP contribution >= 0.6 is 0 Å². The first-order chi connectivity index (χ1) is 11.5. The van der Waals surface area contributed by atoms with Crippen LogP contribution < -0.4 is 5.32 Å². The number of nitrogens with zero attached hydrogens (tertiary/aromatic N) is 4. The predicted octanol–water partition coefficient (Wildman–Crippen LogP) is 1.23. The number of aryl methyl sites for hydroxylation is 2. The molecular formula is C17H21N5O2. The number of carbonyl (C=O) groups is 2. The monoisotopic (exact) mass is 327 g/mol. The number of carbonyl (C=O) groups excluding carboxylic acids is 2. The normalized spacial score (nSPS) is 17.7. The summed E-state index contributed by atoms with van der Waals surface area (Å²) in [6, 6.07) is 5.07. The molecule has 2 amide bonds. The second-order valence-electron chi connectivity index (χ2n) is 5.96. The maximum Gasteiger partial charge on any atom is 0.256 e. The van der Waals surface area contributed by atoms with Crippen LogP contribution in [0.5, 0.6) is 0 Å². The molecule has 7 heteroatoms. The second kappa shape index (κ2) is 6.43. The Kier molecular flexibility index (Phi) is 4.33. The van der Waals surface area contributed by atoms with Crippen molar-refractivity contribution in [2.75, 3.05) is 13.1 Å². The Morgan fingerprint density at radius 2 is 2.17 bits per heavy atom. The third-order valence-electron chi connectivity index (χ3n) is 4.20. The molecular weight excluding hydrogens is 306 g/mol. The van der Waals surface area contributed by atoms with E-state index in [2.05, 4.69) is 15.4 Å². The summed E-state index contributed by atoms with van der Waals surface area (Å²) in [5.74, 6) is 0.411. The summed E-state index contributed by atoms with van der Waals surface area (Å²) >= 11 is 0. The van der Waals surface area contributed by atoms with Gasteiger partial charge in [-0.3, -0.25) is 9.59 Å². The van der Waals surface area contributed by atoms with E-state index in [0.717, 1.165) is 11.4 Å². The highest BCUT2D eigenvalue weighted by atomic mass is 16.2. The van der Waals surface area contributed by atoms with Gasteiger partial charge in [0.05, 0.1) is 11.3 Å². The molecule has 2 aromatic rings. The Hall–Kier alpha value is -2.70. The van der Waals surface area contributed by atoms with Crippen LogP contribution in [0.1, 0.15) is 35.1 Å². The number of hydrogen-bond donors (Lipinski definition) is 1. The van der Waals surface area contributed by atoms with Crippen molar-refractivity contribution in [3.63, 3.8) is 0 Å². The number of piperazine rings is 1. The maximum atomic E-state index is 12.7. The third kappa shape index (κ3) is 2.89. The molecule has 0 spiro atoms. The number of pyridine rings is 1. The lowest BCUT2D eigenvalue weighted by molar-refractivity contribution is -0.127. The Bertz CT molecular complexity index is 766. The van der Waals surface area contributed by atoms with Crippen LogP contribution in [-0.4, -0.2) is 50.6 Å². The Morgan fingerprint density at radius 3 is 2.75 bits per heavy atom. The van der Waals surface area contributed by atoms with Gasteiger partial charge in [0.15, 0.2) is 5.82 Å². The molecule has 24 heavy (non-hydrogen) atoms. The molecule has 1 aliphatic heterocycles. The zero-order chi connectivity index (χ0) is 17.3. The van der Waals surface area contributed by atoms with E-state index < -0.39 is 6.04 Å². The van der Waals surface area contributed by atoms with E-state index in [1.807, 2.05) is 26.8 Å². The van der Waals surface area contributed by atoms with E-state index in [9.17, 15) is 9.59 Å². The first-order valence-corrected chi connectivity index (χ1v) is 8.09. The zero-order valence-corrected chi connectivity index (χ0v) is 14.1. The average Bonchev–Trinajstić information content (AvgIpc) is 2.92. The molecule has 7 nitrogen and oxygen atoms in total. The molecule has 1 atom stereocenters. The number of rotatable bonds is 3. The lowest BCUT2D eigenvalue weighted by Gasteiger charge is -2.34. The molecule has 0 aromatic carbocycles. The number of hydrogen-bond acceptors (Lipinski definition) is 4. The molecule has 0 aliphatic carbocycles. The number of aromatic nitrogens is 3. The Morgan fingerprint density at radius 1 is 1.38 bits per heavy atom. The molecule has 1 aliphatic rings. The van der Waals surface area contributed by atoms with Crippen molar-refractivity contribution in [3.05, 3.63) is 41.3 Å². The van der Waals surface area contributed by atoms with E-state index in [-0.39, 0.29) is 11.8 Å². The SMILES string of the molecule is CCC1C(=O)NCCN1C(=O)c1ccc(-n2nc(C)cc2C)nc1. The smallest absolute Gasteiger partial charge is 0.256 e. The van der Waals surface area contributed by atoms with Crippen molar-refractivity contribution >= 4 is 11.8 Å². The first-order valence-electron chi connectivity index (χ1n) is 8.09. The maximum absolute atomic E-state index is 12.7. The fourth-order valence-corrected chi connectivity index (χ4v) is 3.03. The van der Waals surface area contributed by atoms with E-state index in [1.54, 1.807) is 27.9 Å². The minimum Gasteiger partial charge on any atom is -0.353 e. The molecule has 1 unspecified atom stereocenters. The fourth-order valence-electron chi connectivity index (χ4n) is 3.03. The van der Waals surface area contributed by atoms with Crippen LogP contribution in [0.2, 0.25) is 0 Å². The van der Waals surface area contributed by atoms with E-state index in [4.69, 9.17) is 0 Å². The van der Waals surface area contributed by atoms with Crippen molar-refractivity contribution in [1.29, 1.82) is 0 Å². The van der Waals surface area contributed by atoms with E-state index >= 15 is 0 Å². The largest absolute Gasteiger partial charge is 0.353 e. The summed E-state index contributed by atoms with van der Waals surface area (Å²) < 4.78 is 1.74. The Labute approximate surface area is 140 Å². The molecule has 1 saturated heterocycles. The summed E-state index contributed by atoms with van der Waals surface area (Å²) in [5.41, 5.74) is 2.38. The number of nitrogens with one attached hydrogen (secondary N) is 1. The predicted molar refractivity (Wildman–Crippen MR) is 89.0 cm³/mol. The molecule has 126 valence electrons. The summed E-state index contributed by atoms with van der Waals surface area (Å²) in [7, 11) is 0. The molecule has 0 radical (unpaired) electrons. The topological polar surface area (TPSA) is 80.1 Å². The van der Waals surface area contributed by atoms with Crippen LogP contribution in [0, 0.1) is 13.8 Å². The van der Waals surface area contributed by atoms with Crippen LogP contribution in [-0.2, 0) is 4.79 Å². The van der Waals surface area contributed by atoms with Gasteiger partial charge in [-0.25, -0.2) is 9.67 Å². The van der Waals surface area contributed by atoms with Crippen molar-refractivity contribution in [1.82, 2.24) is 25.0 Å². The minimum atomic E-state index is -0.415. The second-order valence-corrected chi connectivity index (χ2v) is 5.96. The highest BCUT2D eigenvalue weighted by Crippen LogP contribution is 2.15. The van der Waals surface area contributed by atoms with Crippen molar-refractivity contribution in [2.45, 2.75) is 33.2 Å². The Balaban J connectivity index is 1.83. The summed E-state index contributed by atoms with van der Waals surface area (Å²) in [6.45, 7) is 6.78. The van der Waals surface area contributed by atoms with Gasteiger partial charge in [0.25, 0.3) is 5.91 Å². The minimum absolute atomic E-state index is 0.0932. The lowest BCUT2D eigenvalue weighted by atomic mass is 10.1. The standard InChI is InChI=1S/C17H21N5O2/c1-4-14-16(23)18-7-8-21(14)17(24)13-5-6-15(19-10-13)22-12(3)9-11(2)20-22/h5-6,9-10,14H,4,7-8H2,1-3H3,(H,18,23). The first kappa shape index (κ1) is 16.2. The summed E-state index contributed by atoms with van der Waals surface area (Å²) in [4.78, 5) is 30.6. The van der Waals surface area contributed by atoms with Crippen LogP contribution in [0.25, 0.3) is 5.82 Å². The molecule has 1 N–H and O–H groups in total. The van der Waals surface area contributed by atoms with Crippen molar-refractivity contribution < 1.29 is 9.59 Å². The van der Waals surface area contributed by atoms with Gasteiger partial charge in [-0.05, 0) is 38.5 Å². The fraction of sp³-hybridized carbons (Fsp3) is 0.412. The van der Waals surface area contributed by atoms with Gasteiger partial charge < -0.3 is 10.2 Å². The van der Waals surface area contributed by atoms with Crippen molar-refractivity contribution in [2.24, 2.45) is 0 Å². The van der Waals surface area contributed by atoms with Crippen LogP contribution in [0.4, 0.5) is 0 Å². The van der Waals surface area contributed by atoms with Gasteiger partial charge >= 0.3 is 0 Å².